The molecule has 0 bridgehead atoms. The van der Waals surface area contributed by atoms with Gasteiger partial charge in [-0.25, -0.2) is 4.39 Å². The van der Waals surface area contributed by atoms with Gasteiger partial charge in [-0.15, -0.1) is 0 Å². The largest absolute Gasteiger partial charge is 0.343 e. The van der Waals surface area contributed by atoms with E-state index in [0.717, 1.165) is 31.7 Å². The van der Waals surface area contributed by atoms with Crippen molar-refractivity contribution in [2.24, 2.45) is 11.8 Å². The normalized spacial score (nSPS) is 18.9. The van der Waals surface area contributed by atoms with Crippen molar-refractivity contribution in [2.75, 3.05) is 32.1 Å². The molecule has 0 spiro atoms. The van der Waals surface area contributed by atoms with Crippen molar-refractivity contribution in [3.8, 4) is 0 Å². The van der Waals surface area contributed by atoms with Crippen LogP contribution in [0, 0.1) is 17.7 Å². The van der Waals surface area contributed by atoms with E-state index < -0.39 is 0 Å². The summed E-state index contributed by atoms with van der Waals surface area (Å²) >= 11 is 1.67. The first-order chi connectivity index (χ1) is 15.0. The molecule has 2 aliphatic rings. The standard InChI is InChI=1S/C25H37FN2O2S/c1-27(24(29)13-16-31-2)23(18-21-9-5-6-10-22(21)26)20-11-14-28(15-12-20)25(30)17-19-7-3-4-8-19/h5-6,9-10,19-20,23H,3-4,7-8,11-18H2,1-2H3/t23-/m1/s1. The third-order valence-electron chi connectivity index (χ3n) is 7.17. The van der Waals surface area contributed by atoms with Gasteiger partial charge in [-0.3, -0.25) is 9.59 Å². The summed E-state index contributed by atoms with van der Waals surface area (Å²) in [6, 6.07) is 6.83. The molecule has 2 amide bonds. The van der Waals surface area contributed by atoms with Crippen molar-refractivity contribution in [3.05, 3.63) is 35.6 Å². The monoisotopic (exact) mass is 448 g/mol. The second kappa shape index (κ2) is 11.9. The molecular formula is C25H37FN2O2S. The lowest BCUT2D eigenvalue weighted by atomic mass is 9.84. The van der Waals surface area contributed by atoms with Crippen molar-refractivity contribution in [1.82, 2.24) is 9.80 Å². The first kappa shape index (κ1) is 24.1. The van der Waals surface area contributed by atoms with Crippen molar-refractivity contribution in [2.45, 2.75) is 63.8 Å². The van der Waals surface area contributed by atoms with Crippen molar-refractivity contribution < 1.29 is 14.0 Å². The number of nitrogens with zero attached hydrogens (tertiary/aromatic N) is 2. The van der Waals surface area contributed by atoms with E-state index >= 15 is 0 Å². The van der Waals surface area contributed by atoms with Crippen molar-refractivity contribution in [1.29, 1.82) is 0 Å². The molecule has 2 fully saturated rings. The van der Waals surface area contributed by atoms with Gasteiger partial charge in [0.15, 0.2) is 0 Å². The number of likely N-dealkylation sites (tertiary alicyclic amines) is 1. The molecule has 4 nitrogen and oxygen atoms in total. The van der Waals surface area contributed by atoms with E-state index in [0.29, 0.717) is 36.7 Å². The maximum Gasteiger partial charge on any atom is 0.223 e. The van der Waals surface area contributed by atoms with Crippen molar-refractivity contribution in [3.63, 3.8) is 0 Å². The number of likely N-dealkylation sites (N-methyl/N-ethyl adjacent to an activating group) is 1. The van der Waals surface area contributed by atoms with Crippen LogP contribution >= 0.6 is 11.8 Å². The molecule has 1 aliphatic carbocycles. The highest BCUT2D eigenvalue weighted by Gasteiger charge is 2.33. The Morgan fingerprint density at radius 2 is 1.84 bits per heavy atom. The van der Waals surface area contributed by atoms with Crippen LogP contribution in [0.25, 0.3) is 0 Å². The minimum atomic E-state index is -0.207. The average Bonchev–Trinajstić information content (AvgIpc) is 3.29. The van der Waals surface area contributed by atoms with Gasteiger partial charge >= 0.3 is 0 Å². The number of rotatable bonds is 9. The Morgan fingerprint density at radius 1 is 1.16 bits per heavy atom. The number of benzene rings is 1. The summed E-state index contributed by atoms with van der Waals surface area (Å²) in [5, 5.41) is 0. The Kier molecular flexibility index (Phi) is 9.24. The van der Waals surface area contributed by atoms with Crippen LogP contribution in [-0.4, -0.2) is 59.8 Å². The zero-order valence-electron chi connectivity index (χ0n) is 19.0. The first-order valence-electron chi connectivity index (χ1n) is 11.8. The molecule has 1 heterocycles. The third kappa shape index (κ3) is 6.71. The Labute approximate surface area is 190 Å². The summed E-state index contributed by atoms with van der Waals surface area (Å²) in [6.07, 6.45) is 10.4. The molecule has 0 N–H and O–H groups in total. The van der Waals surface area contributed by atoms with Gasteiger partial charge in [0.2, 0.25) is 11.8 Å². The second-order valence-electron chi connectivity index (χ2n) is 9.18. The third-order valence-corrected chi connectivity index (χ3v) is 7.78. The Balaban J connectivity index is 1.64. The maximum absolute atomic E-state index is 14.4. The highest BCUT2D eigenvalue weighted by Crippen LogP contribution is 2.31. The Bertz CT molecular complexity index is 730. The SMILES string of the molecule is CSCCC(=O)N(C)[C@H](Cc1ccccc1F)C1CCN(C(=O)CC2CCCC2)CC1. The van der Waals surface area contributed by atoms with Gasteiger partial charge in [0, 0.05) is 44.8 Å². The lowest BCUT2D eigenvalue weighted by Crippen LogP contribution is -2.48. The predicted molar refractivity (Wildman–Crippen MR) is 126 cm³/mol. The highest BCUT2D eigenvalue weighted by molar-refractivity contribution is 7.98. The lowest BCUT2D eigenvalue weighted by Gasteiger charge is -2.40. The number of hydrogen-bond donors (Lipinski definition) is 0. The molecule has 0 radical (unpaired) electrons. The van der Waals surface area contributed by atoms with Crippen LogP contribution in [0.3, 0.4) is 0 Å². The quantitative estimate of drug-likeness (QED) is 0.547. The van der Waals surface area contributed by atoms with Crippen LogP contribution in [-0.2, 0) is 16.0 Å². The Morgan fingerprint density at radius 3 is 2.48 bits per heavy atom. The van der Waals surface area contributed by atoms with Gasteiger partial charge in [0.1, 0.15) is 5.82 Å². The second-order valence-corrected chi connectivity index (χ2v) is 10.2. The number of hydrogen-bond acceptors (Lipinski definition) is 3. The first-order valence-corrected chi connectivity index (χ1v) is 13.1. The van der Waals surface area contributed by atoms with E-state index in [-0.39, 0.29) is 23.7 Å². The van der Waals surface area contributed by atoms with E-state index in [2.05, 4.69) is 0 Å². The fourth-order valence-corrected chi connectivity index (χ4v) is 5.56. The van der Waals surface area contributed by atoms with Crippen LogP contribution in [0.1, 0.15) is 56.9 Å². The average molecular weight is 449 g/mol. The van der Waals surface area contributed by atoms with Crippen LogP contribution in [0.4, 0.5) is 4.39 Å². The molecule has 1 aromatic carbocycles. The fraction of sp³-hybridized carbons (Fsp3) is 0.680. The number of carbonyl (C=O) groups is 2. The topological polar surface area (TPSA) is 40.6 Å². The Hall–Kier alpha value is -1.56. The van der Waals surface area contributed by atoms with Gasteiger partial charge in [-0.05, 0) is 61.8 Å². The number of halogens is 1. The predicted octanol–water partition coefficient (Wildman–Crippen LogP) is 4.77. The number of thioether (sulfide) groups is 1. The molecule has 1 saturated carbocycles. The highest BCUT2D eigenvalue weighted by atomic mass is 32.2. The molecular weight excluding hydrogens is 411 g/mol. The molecule has 0 aromatic heterocycles. The summed E-state index contributed by atoms with van der Waals surface area (Å²) in [7, 11) is 1.87. The van der Waals surface area contributed by atoms with Gasteiger partial charge in [-0.2, -0.15) is 11.8 Å². The minimum absolute atomic E-state index is 0.0432. The summed E-state index contributed by atoms with van der Waals surface area (Å²) in [4.78, 5) is 29.4. The van der Waals surface area contributed by atoms with E-state index in [4.69, 9.17) is 0 Å². The molecule has 31 heavy (non-hydrogen) atoms. The van der Waals surface area contributed by atoms with E-state index in [1.807, 2.05) is 35.2 Å². The number of carbonyl (C=O) groups excluding carboxylic acids is 2. The molecule has 1 saturated heterocycles. The molecule has 1 aromatic rings. The van der Waals surface area contributed by atoms with Crippen LogP contribution in [0.2, 0.25) is 0 Å². The minimum Gasteiger partial charge on any atom is -0.343 e. The maximum atomic E-state index is 14.4. The molecule has 1 aliphatic heterocycles. The van der Waals surface area contributed by atoms with Crippen LogP contribution in [0.5, 0.6) is 0 Å². The van der Waals surface area contributed by atoms with Gasteiger partial charge < -0.3 is 9.80 Å². The summed E-state index contributed by atoms with van der Waals surface area (Å²) in [5.41, 5.74) is 0.664. The lowest BCUT2D eigenvalue weighted by molar-refractivity contribution is -0.136. The molecule has 172 valence electrons. The van der Waals surface area contributed by atoms with Crippen LogP contribution < -0.4 is 0 Å². The fourth-order valence-electron chi connectivity index (χ4n) is 5.18. The smallest absolute Gasteiger partial charge is 0.223 e. The van der Waals surface area contributed by atoms with Gasteiger partial charge in [0.05, 0.1) is 0 Å². The van der Waals surface area contributed by atoms with Crippen molar-refractivity contribution >= 4 is 23.6 Å². The van der Waals surface area contributed by atoms with E-state index in [1.165, 1.54) is 31.7 Å². The van der Waals surface area contributed by atoms with Gasteiger partial charge in [-0.1, -0.05) is 31.0 Å². The molecule has 3 rings (SSSR count). The summed E-state index contributed by atoms with van der Waals surface area (Å²) < 4.78 is 14.4. The molecule has 1 atom stereocenters. The molecule has 0 unspecified atom stereocenters. The molecule has 6 heteroatoms. The zero-order valence-corrected chi connectivity index (χ0v) is 19.8. The van der Waals surface area contributed by atoms with Crippen LogP contribution in [0.15, 0.2) is 24.3 Å². The van der Waals surface area contributed by atoms with E-state index in [9.17, 15) is 14.0 Å². The summed E-state index contributed by atoms with van der Waals surface area (Å²) in [5.74, 6) is 1.85. The van der Waals surface area contributed by atoms with E-state index in [1.54, 1.807) is 17.8 Å². The van der Waals surface area contributed by atoms with Gasteiger partial charge in [0.25, 0.3) is 0 Å². The number of amides is 2. The summed E-state index contributed by atoms with van der Waals surface area (Å²) in [6.45, 7) is 1.49. The zero-order chi connectivity index (χ0) is 22.2. The number of piperidine rings is 1.